The number of ketones is 1. The van der Waals surface area contributed by atoms with E-state index in [1.807, 2.05) is 0 Å². The minimum atomic E-state index is -6.47. The van der Waals surface area contributed by atoms with E-state index in [1.54, 1.807) is 0 Å². The number of hydrogen-bond donors (Lipinski definition) is 0. The Balaban J connectivity index is 5.44. The summed E-state index contributed by atoms with van der Waals surface area (Å²) in [5.41, 5.74) is -6.02. The maximum Gasteiger partial charge on any atom is 0.534 e. The predicted octanol–water partition coefficient (Wildman–Crippen LogP) is 2.28. The third kappa shape index (κ3) is 4.55. The van der Waals surface area contributed by atoms with Gasteiger partial charge >= 0.3 is 21.8 Å². The number of rotatable bonds is 4. The summed E-state index contributed by atoms with van der Waals surface area (Å²) in [5, 5.41) is 0. The Morgan fingerprint density at radius 3 is 1.89 bits per heavy atom. The van der Waals surface area contributed by atoms with Crippen LogP contribution in [0.3, 0.4) is 0 Å². The first-order chi connectivity index (χ1) is 7.81. The zero-order chi connectivity index (χ0) is 14.8. The second-order valence-corrected chi connectivity index (χ2v) is 4.35. The van der Waals surface area contributed by atoms with Gasteiger partial charge in [-0.05, 0) is 0 Å². The quantitative estimate of drug-likeness (QED) is 0.263. The number of allylic oxidation sites excluding steroid dienone is 2. The molecule has 18 heavy (non-hydrogen) atoms. The summed E-state index contributed by atoms with van der Waals surface area (Å²) >= 11 is 0. The van der Waals surface area contributed by atoms with E-state index in [4.69, 9.17) is 0 Å². The largest absolute Gasteiger partial charge is 0.534 e. The molecule has 0 unspecified atom stereocenters. The van der Waals surface area contributed by atoms with Crippen LogP contribution in [0.4, 0.5) is 26.3 Å². The molecule has 0 bridgehead atoms. The standard InChI is InChI=1S/C7H6F6O4S/c1-2-4(14)3-5(6(8,9)10)17-18(15,16)7(11,12)13/h3H,2H2,1H3. The molecule has 0 aliphatic heterocycles. The van der Waals surface area contributed by atoms with E-state index in [-0.39, 0.29) is 6.08 Å². The van der Waals surface area contributed by atoms with E-state index in [9.17, 15) is 39.6 Å². The number of alkyl halides is 6. The van der Waals surface area contributed by atoms with E-state index in [0.29, 0.717) is 0 Å². The monoisotopic (exact) mass is 300 g/mol. The number of halogens is 6. The Morgan fingerprint density at radius 2 is 1.61 bits per heavy atom. The van der Waals surface area contributed by atoms with Gasteiger partial charge in [-0.15, -0.1) is 0 Å². The molecule has 0 heterocycles. The lowest BCUT2D eigenvalue weighted by Crippen LogP contribution is -2.29. The van der Waals surface area contributed by atoms with Gasteiger partial charge in [0, 0.05) is 12.5 Å². The smallest absolute Gasteiger partial charge is 0.371 e. The summed E-state index contributed by atoms with van der Waals surface area (Å²) in [6.07, 6.45) is -6.35. The van der Waals surface area contributed by atoms with Gasteiger partial charge in [0.1, 0.15) is 0 Å². The lowest BCUT2D eigenvalue weighted by Gasteiger charge is -2.14. The molecule has 4 nitrogen and oxygen atoms in total. The van der Waals surface area contributed by atoms with Crippen LogP contribution in [-0.4, -0.2) is 25.9 Å². The number of carbonyl (C=O) groups excluding carboxylic acids is 1. The van der Waals surface area contributed by atoms with Crippen molar-refractivity contribution >= 4 is 15.9 Å². The van der Waals surface area contributed by atoms with Gasteiger partial charge < -0.3 is 4.18 Å². The minimum Gasteiger partial charge on any atom is -0.371 e. The molecule has 0 saturated carbocycles. The molecule has 0 atom stereocenters. The Hall–Kier alpha value is -1.26. The zero-order valence-electron chi connectivity index (χ0n) is 8.59. The Morgan fingerprint density at radius 1 is 1.17 bits per heavy atom. The van der Waals surface area contributed by atoms with E-state index in [2.05, 4.69) is 4.18 Å². The lowest BCUT2D eigenvalue weighted by atomic mass is 10.3. The minimum absolute atomic E-state index is 0.344. The number of carbonyl (C=O) groups is 1. The molecule has 106 valence electrons. The molecule has 0 spiro atoms. The van der Waals surface area contributed by atoms with Crippen molar-refractivity contribution in [3.63, 3.8) is 0 Å². The van der Waals surface area contributed by atoms with Gasteiger partial charge in [0.15, 0.2) is 5.78 Å². The summed E-state index contributed by atoms with van der Waals surface area (Å²) in [5.74, 6) is -3.77. The van der Waals surface area contributed by atoms with Crippen LogP contribution < -0.4 is 0 Å². The van der Waals surface area contributed by atoms with E-state index in [1.165, 1.54) is 0 Å². The van der Waals surface area contributed by atoms with Crippen molar-refractivity contribution in [2.75, 3.05) is 0 Å². The van der Waals surface area contributed by atoms with Crippen molar-refractivity contribution in [2.24, 2.45) is 0 Å². The van der Waals surface area contributed by atoms with Crippen LogP contribution >= 0.6 is 0 Å². The molecule has 0 saturated heterocycles. The first kappa shape index (κ1) is 16.7. The van der Waals surface area contributed by atoms with Crippen LogP contribution in [0, 0.1) is 0 Å². The van der Waals surface area contributed by atoms with Crippen molar-refractivity contribution in [2.45, 2.75) is 25.0 Å². The molecule has 0 radical (unpaired) electrons. The molecule has 11 heteroatoms. The van der Waals surface area contributed by atoms with Crippen molar-refractivity contribution < 1.29 is 43.7 Å². The van der Waals surface area contributed by atoms with Crippen molar-refractivity contribution in [3.05, 3.63) is 11.8 Å². The summed E-state index contributed by atoms with van der Waals surface area (Å²) < 4.78 is 95.6. The second-order valence-electron chi connectivity index (χ2n) is 2.81. The highest BCUT2D eigenvalue weighted by Gasteiger charge is 2.52. The first-order valence-electron chi connectivity index (χ1n) is 4.13. The molecule has 0 aromatic rings. The summed E-state index contributed by atoms with van der Waals surface area (Å²) in [6.45, 7) is 1.13. The van der Waals surface area contributed by atoms with Crippen LogP contribution in [0.1, 0.15) is 13.3 Å². The molecule has 0 amide bonds. The molecule has 0 aromatic heterocycles. The third-order valence-corrected chi connectivity index (χ3v) is 2.37. The summed E-state index contributed by atoms with van der Waals surface area (Å²) in [7, 11) is -6.47. The van der Waals surface area contributed by atoms with Gasteiger partial charge in [-0.2, -0.15) is 34.8 Å². The van der Waals surface area contributed by atoms with Gasteiger partial charge in [0.25, 0.3) is 0 Å². The SMILES string of the molecule is CCC(=O)C=C(OS(=O)(=O)C(F)(F)F)C(F)(F)F. The van der Waals surface area contributed by atoms with Gasteiger partial charge in [-0.25, -0.2) is 0 Å². The fraction of sp³-hybridized carbons (Fsp3) is 0.571. The Bertz CT molecular complexity index is 444. The predicted molar refractivity (Wildman–Crippen MR) is 45.5 cm³/mol. The van der Waals surface area contributed by atoms with Crippen LogP contribution in [0.5, 0.6) is 0 Å². The fourth-order valence-electron chi connectivity index (χ4n) is 0.567. The van der Waals surface area contributed by atoms with Crippen LogP contribution in [0.2, 0.25) is 0 Å². The molecule has 0 aliphatic carbocycles. The Labute approximate surface area is 97.3 Å². The zero-order valence-corrected chi connectivity index (χ0v) is 9.41. The summed E-state index contributed by atoms with van der Waals surface area (Å²) in [4.78, 5) is 10.7. The first-order valence-corrected chi connectivity index (χ1v) is 5.54. The molecule has 0 fully saturated rings. The lowest BCUT2D eigenvalue weighted by molar-refractivity contribution is -0.124. The molecule has 0 rings (SSSR count). The van der Waals surface area contributed by atoms with E-state index < -0.39 is 39.8 Å². The van der Waals surface area contributed by atoms with Crippen molar-refractivity contribution in [3.8, 4) is 0 Å². The molecular formula is C7H6F6O4S. The molecule has 0 aliphatic rings. The van der Waals surface area contributed by atoms with Gasteiger partial charge in [-0.3, -0.25) is 4.79 Å². The van der Waals surface area contributed by atoms with Crippen LogP contribution in [-0.2, 0) is 19.1 Å². The van der Waals surface area contributed by atoms with Gasteiger partial charge in [0.05, 0.1) is 0 Å². The van der Waals surface area contributed by atoms with Gasteiger partial charge in [0.2, 0.25) is 5.76 Å². The molecular weight excluding hydrogens is 294 g/mol. The van der Waals surface area contributed by atoms with Gasteiger partial charge in [-0.1, -0.05) is 6.92 Å². The van der Waals surface area contributed by atoms with E-state index >= 15 is 0 Å². The maximum atomic E-state index is 12.2. The highest BCUT2D eigenvalue weighted by Crippen LogP contribution is 2.33. The van der Waals surface area contributed by atoms with E-state index in [0.717, 1.165) is 6.92 Å². The maximum absolute atomic E-state index is 12.2. The number of hydrogen-bond acceptors (Lipinski definition) is 4. The van der Waals surface area contributed by atoms with Crippen LogP contribution in [0.25, 0.3) is 0 Å². The Kier molecular flexibility index (Phi) is 4.80. The fourth-order valence-corrected chi connectivity index (χ4v) is 1.04. The average Bonchev–Trinajstić information content (AvgIpc) is 2.12. The second kappa shape index (κ2) is 5.16. The summed E-state index contributed by atoms with van der Waals surface area (Å²) in [6, 6.07) is 0. The average molecular weight is 300 g/mol. The normalized spacial score (nSPS) is 14.5. The topological polar surface area (TPSA) is 60.4 Å². The third-order valence-electron chi connectivity index (χ3n) is 1.40. The highest BCUT2D eigenvalue weighted by atomic mass is 32.2. The highest BCUT2D eigenvalue weighted by molar-refractivity contribution is 7.87. The van der Waals surface area contributed by atoms with Crippen LogP contribution in [0.15, 0.2) is 11.8 Å². The molecule has 0 N–H and O–H groups in total. The van der Waals surface area contributed by atoms with Crippen molar-refractivity contribution in [1.82, 2.24) is 0 Å². The van der Waals surface area contributed by atoms with Crippen molar-refractivity contribution in [1.29, 1.82) is 0 Å². The molecule has 0 aromatic carbocycles.